The quantitative estimate of drug-likeness (QED) is 0.878. The van der Waals surface area contributed by atoms with Crippen LogP contribution in [-0.2, 0) is 16.0 Å². The average Bonchev–Trinajstić information content (AvgIpc) is 3.14. The number of aliphatic carboxylic acids is 1. The van der Waals surface area contributed by atoms with Crippen molar-refractivity contribution in [2.24, 2.45) is 0 Å². The van der Waals surface area contributed by atoms with Crippen LogP contribution in [-0.4, -0.2) is 34.5 Å². The van der Waals surface area contributed by atoms with Crippen molar-refractivity contribution in [3.8, 4) is 0 Å². The molecule has 122 valence electrons. The standard InChI is InChI=1S/C18H21NO3S/c20-17(19-10-4-6-14(19)11-18(21)22)9-3-5-13-12-23-16-8-2-1-7-15(13)16/h1-2,7-8,12,14H,3-6,9-11H2,(H,21,22). The van der Waals surface area contributed by atoms with E-state index in [1.54, 1.807) is 16.2 Å². The van der Waals surface area contributed by atoms with E-state index in [4.69, 9.17) is 5.11 Å². The third kappa shape index (κ3) is 3.72. The van der Waals surface area contributed by atoms with Gasteiger partial charge in [-0.15, -0.1) is 11.3 Å². The van der Waals surface area contributed by atoms with E-state index < -0.39 is 5.97 Å². The van der Waals surface area contributed by atoms with Crippen LogP contribution in [0.1, 0.15) is 37.7 Å². The lowest BCUT2D eigenvalue weighted by molar-refractivity contribution is -0.139. The molecule has 0 spiro atoms. The molecule has 1 amide bonds. The second-order valence-electron chi connectivity index (χ2n) is 6.09. The summed E-state index contributed by atoms with van der Waals surface area (Å²) in [6.07, 6.45) is 4.01. The monoisotopic (exact) mass is 331 g/mol. The van der Waals surface area contributed by atoms with Gasteiger partial charge in [0.05, 0.1) is 6.42 Å². The highest BCUT2D eigenvalue weighted by Crippen LogP contribution is 2.27. The molecule has 1 unspecified atom stereocenters. The highest BCUT2D eigenvalue weighted by Gasteiger charge is 2.29. The second kappa shape index (κ2) is 7.13. The summed E-state index contributed by atoms with van der Waals surface area (Å²) in [5.74, 6) is -0.715. The Balaban J connectivity index is 1.54. The van der Waals surface area contributed by atoms with Crippen molar-refractivity contribution in [1.82, 2.24) is 4.90 Å². The van der Waals surface area contributed by atoms with Gasteiger partial charge in [-0.2, -0.15) is 0 Å². The van der Waals surface area contributed by atoms with Gasteiger partial charge in [-0.05, 0) is 48.1 Å². The second-order valence-corrected chi connectivity index (χ2v) is 7.00. The van der Waals surface area contributed by atoms with Crippen molar-refractivity contribution in [2.45, 2.75) is 44.6 Å². The minimum atomic E-state index is -0.820. The van der Waals surface area contributed by atoms with Crippen molar-refractivity contribution in [3.05, 3.63) is 35.2 Å². The number of thiophene rings is 1. The van der Waals surface area contributed by atoms with Crippen LogP contribution in [0.2, 0.25) is 0 Å². The maximum Gasteiger partial charge on any atom is 0.305 e. The zero-order valence-electron chi connectivity index (χ0n) is 13.0. The minimum absolute atomic E-state index is 0.0703. The highest BCUT2D eigenvalue weighted by molar-refractivity contribution is 7.17. The van der Waals surface area contributed by atoms with Gasteiger partial charge in [-0.1, -0.05) is 18.2 Å². The normalized spacial score (nSPS) is 17.7. The maximum absolute atomic E-state index is 12.4. The largest absolute Gasteiger partial charge is 0.481 e. The number of fused-ring (bicyclic) bond motifs is 1. The molecule has 0 bridgehead atoms. The van der Waals surface area contributed by atoms with Gasteiger partial charge in [0.15, 0.2) is 0 Å². The van der Waals surface area contributed by atoms with Crippen LogP contribution in [0.25, 0.3) is 10.1 Å². The molecule has 3 rings (SSSR count). The summed E-state index contributed by atoms with van der Waals surface area (Å²) in [5.41, 5.74) is 1.31. The molecule has 1 aliphatic heterocycles. The van der Waals surface area contributed by atoms with E-state index in [1.165, 1.54) is 15.6 Å². The van der Waals surface area contributed by atoms with E-state index in [1.807, 2.05) is 12.1 Å². The van der Waals surface area contributed by atoms with Crippen LogP contribution < -0.4 is 0 Å². The molecule has 0 radical (unpaired) electrons. The number of hydrogen-bond acceptors (Lipinski definition) is 3. The molecule has 0 aliphatic carbocycles. The van der Waals surface area contributed by atoms with E-state index >= 15 is 0 Å². The van der Waals surface area contributed by atoms with Gasteiger partial charge in [0.25, 0.3) is 0 Å². The summed E-state index contributed by atoms with van der Waals surface area (Å²) in [6, 6.07) is 8.23. The van der Waals surface area contributed by atoms with E-state index in [0.717, 1.165) is 25.7 Å². The molecule has 0 saturated carbocycles. The number of amides is 1. The molecule has 1 atom stereocenters. The molecular weight excluding hydrogens is 310 g/mol. The zero-order chi connectivity index (χ0) is 16.2. The maximum atomic E-state index is 12.4. The van der Waals surface area contributed by atoms with Crippen LogP contribution in [0, 0.1) is 0 Å². The Kier molecular flexibility index (Phi) is 4.96. The highest BCUT2D eigenvalue weighted by atomic mass is 32.1. The summed E-state index contributed by atoms with van der Waals surface area (Å²) in [5, 5.41) is 12.4. The first-order valence-electron chi connectivity index (χ1n) is 8.11. The van der Waals surface area contributed by atoms with Crippen molar-refractivity contribution < 1.29 is 14.7 Å². The summed E-state index contributed by atoms with van der Waals surface area (Å²) >= 11 is 1.74. The van der Waals surface area contributed by atoms with Crippen LogP contribution in [0.3, 0.4) is 0 Å². The van der Waals surface area contributed by atoms with Gasteiger partial charge in [0.1, 0.15) is 0 Å². The van der Waals surface area contributed by atoms with Gasteiger partial charge in [0, 0.05) is 23.7 Å². The van der Waals surface area contributed by atoms with Crippen molar-refractivity contribution >= 4 is 33.3 Å². The number of aryl methyl sites for hydroxylation is 1. The van der Waals surface area contributed by atoms with Gasteiger partial charge >= 0.3 is 5.97 Å². The molecular formula is C18H21NO3S. The lowest BCUT2D eigenvalue weighted by Gasteiger charge is -2.23. The van der Waals surface area contributed by atoms with E-state index in [0.29, 0.717) is 13.0 Å². The number of benzene rings is 1. The number of carboxylic acid groups (broad SMARTS) is 1. The lowest BCUT2D eigenvalue weighted by atomic mass is 10.1. The summed E-state index contributed by atoms with van der Waals surface area (Å²) in [7, 11) is 0. The molecule has 1 N–H and O–H groups in total. The van der Waals surface area contributed by atoms with Crippen LogP contribution in [0.5, 0.6) is 0 Å². The summed E-state index contributed by atoms with van der Waals surface area (Å²) in [4.78, 5) is 25.0. The Bertz CT molecular complexity index is 709. The fourth-order valence-corrected chi connectivity index (χ4v) is 4.38. The molecule has 1 saturated heterocycles. The fraction of sp³-hybridized carbons (Fsp3) is 0.444. The Morgan fingerprint density at radius 2 is 2.13 bits per heavy atom. The first-order valence-corrected chi connectivity index (χ1v) is 8.99. The molecule has 2 aromatic rings. The molecule has 1 aromatic carbocycles. The number of carboxylic acids is 1. The Hall–Kier alpha value is -1.88. The molecule has 1 aromatic heterocycles. The Morgan fingerprint density at radius 1 is 1.30 bits per heavy atom. The minimum Gasteiger partial charge on any atom is -0.481 e. The molecule has 4 nitrogen and oxygen atoms in total. The third-order valence-corrected chi connectivity index (χ3v) is 5.52. The van der Waals surface area contributed by atoms with Crippen LogP contribution >= 0.6 is 11.3 Å². The van der Waals surface area contributed by atoms with Gasteiger partial charge in [0.2, 0.25) is 5.91 Å². The van der Waals surface area contributed by atoms with E-state index in [-0.39, 0.29) is 18.4 Å². The smallest absolute Gasteiger partial charge is 0.305 e. The Morgan fingerprint density at radius 3 is 2.96 bits per heavy atom. The van der Waals surface area contributed by atoms with Gasteiger partial charge in [-0.3, -0.25) is 9.59 Å². The number of carbonyl (C=O) groups is 2. The molecule has 1 aliphatic rings. The third-order valence-electron chi connectivity index (χ3n) is 4.51. The number of carbonyl (C=O) groups excluding carboxylic acids is 1. The number of nitrogens with zero attached hydrogens (tertiary/aromatic N) is 1. The first kappa shape index (κ1) is 16.0. The van der Waals surface area contributed by atoms with Crippen LogP contribution in [0.15, 0.2) is 29.6 Å². The average molecular weight is 331 g/mol. The molecule has 2 heterocycles. The number of hydrogen-bond donors (Lipinski definition) is 1. The van der Waals surface area contributed by atoms with Crippen molar-refractivity contribution in [2.75, 3.05) is 6.54 Å². The van der Waals surface area contributed by atoms with Crippen molar-refractivity contribution in [1.29, 1.82) is 0 Å². The van der Waals surface area contributed by atoms with Gasteiger partial charge < -0.3 is 10.0 Å². The lowest BCUT2D eigenvalue weighted by Crippen LogP contribution is -2.36. The fourth-order valence-electron chi connectivity index (χ4n) is 3.38. The zero-order valence-corrected chi connectivity index (χ0v) is 13.8. The van der Waals surface area contributed by atoms with Crippen molar-refractivity contribution in [3.63, 3.8) is 0 Å². The first-order chi connectivity index (χ1) is 11.1. The van der Waals surface area contributed by atoms with Gasteiger partial charge in [-0.25, -0.2) is 0 Å². The summed E-state index contributed by atoms with van der Waals surface area (Å²) < 4.78 is 1.29. The predicted molar refractivity (Wildman–Crippen MR) is 91.8 cm³/mol. The predicted octanol–water partition coefficient (Wildman–Crippen LogP) is 3.69. The summed E-state index contributed by atoms with van der Waals surface area (Å²) in [6.45, 7) is 0.707. The number of rotatable bonds is 6. The van der Waals surface area contributed by atoms with E-state index in [2.05, 4.69) is 17.5 Å². The molecule has 1 fully saturated rings. The molecule has 5 heteroatoms. The van der Waals surface area contributed by atoms with E-state index in [9.17, 15) is 9.59 Å². The molecule has 23 heavy (non-hydrogen) atoms. The topological polar surface area (TPSA) is 57.6 Å². The van der Waals surface area contributed by atoms with Crippen LogP contribution in [0.4, 0.5) is 0 Å². The number of likely N-dealkylation sites (tertiary alicyclic amines) is 1. The SMILES string of the molecule is O=C(O)CC1CCCN1C(=O)CCCc1csc2ccccc12. The Labute approximate surface area is 139 Å².